The fraction of sp³-hybridized carbons (Fsp3) is 0.333. The van der Waals surface area contributed by atoms with Gasteiger partial charge in [0.2, 0.25) is 0 Å². The van der Waals surface area contributed by atoms with Gasteiger partial charge in [0.1, 0.15) is 0 Å². The van der Waals surface area contributed by atoms with Crippen molar-refractivity contribution in [2.24, 2.45) is 7.05 Å². The molecule has 0 saturated heterocycles. The van der Waals surface area contributed by atoms with Crippen LogP contribution in [0.2, 0.25) is 0 Å². The number of nitrogens with zero attached hydrogens (tertiary/aromatic N) is 1. The summed E-state index contributed by atoms with van der Waals surface area (Å²) in [4.78, 5) is 0. The normalized spacial score (nSPS) is 10.8. The van der Waals surface area contributed by atoms with E-state index in [1.807, 2.05) is 23.5 Å². The summed E-state index contributed by atoms with van der Waals surface area (Å²) >= 11 is 3.86. The van der Waals surface area contributed by atoms with Crippen molar-refractivity contribution < 1.29 is 0 Å². The summed E-state index contributed by atoms with van der Waals surface area (Å²) in [5, 5.41) is 1.34. The quantitative estimate of drug-likeness (QED) is 0.759. The highest BCUT2D eigenvalue weighted by molar-refractivity contribution is 8.22. The van der Waals surface area contributed by atoms with Crippen LogP contribution < -0.4 is 0 Å². The molecule has 0 aliphatic rings. The number of benzene rings is 1. The molecule has 0 aliphatic heterocycles. The number of hydrogen-bond acceptors (Lipinski definition) is 2. The van der Waals surface area contributed by atoms with Gasteiger partial charge in [-0.25, -0.2) is 0 Å². The van der Waals surface area contributed by atoms with Gasteiger partial charge >= 0.3 is 0 Å². The van der Waals surface area contributed by atoms with E-state index in [9.17, 15) is 0 Å². The van der Waals surface area contributed by atoms with Gasteiger partial charge in [0.05, 0.1) is 0 Å². The fourth-order valence-electron chi connectivity index (χ4n) is 2.02. The first-order valence-electron chi connectivity index (χ1n) is 6.27. The van der Waals surface area contributed by atoms with E-state index >= 15 is 0 Å². The standard InChI is InChI=1S/C15H19NS2/c1-4-17-15(18-5-2)10-12-11-16(3)14-9-7-6-8-13(12)14/h6-11H,4-5H2,1-3H3. The number of fused-ring (bicyclic) bond motifs is 1. The lowest BCUT2D eigenvalue weighted by atomic mass is 10.2. The maximum atomic E-state index is 2.32. The summed E-state index contributed by atoms with van der Waals surface area (Å²) in [6.45, 7) is 4.41. The van der Waals surface area contributed by atoms with Gasteiger partial charge in [0.25, 0.3) is 0 Å². The molecule has 1 aromatic heterocycles. The first kappa shape index (κ1) is 13.6. The van der Waals surface area contributed by atoms with Gasteiger partial charge in [0.15, 0.2) is 0 Å². The Morgan fingerprint density at radius 2 is 1.83 bits per heavy atom. The second kappa shape index (κ2) is 6.39. The molecule has 3 heteroatoms. The Morgan fingerprint density at radius 3 is 2.50 bits per heavy atom. The van der Waals surface area contributed by atoms with Gasteiger partial charge in [0, 0.05) is 33.9 Å². The zero-order valence-corrected chi connectivity index (χ0v) is 12.8. The van der Waals surface area contributed by atoms with Gasteiger partial charge in [-0.2, -0.15) is 0 Å². The highest BCUT2D eigenvalue weighted by atomic mass is 32.2. The number of rotatable bonds is 5. The molecule has 0 unspecified atom stereocenters. The molecule has 0 aliphatic carbocycles. The van der Waals surface area contributed by atoms with Crippen LogP contribution in [0, 0.1) is 0 Å². The lowest BCUT2D eigenvalue weighted by Crippen LogP contribution is -1.81. The molecular formula is C15H19NS2. The molecular weight excluding hydrogens is 258 g/mol. The van der Waals surface area contributed by atoms with E-state index in [-0.39, 0.29) is 0 Å². The van der Waals surface area contributed by atoms with E-state index in [4.69, 9.17) is 0 Å². The van der Waals surface area contributed by atoms with Crippen molar-refractivity contribution in [3.05, 3.63) is 40.3 Å². The van der Waals surface area contributed by atoms with Crippen molar-refractivity contribution in [3.8, 4) is 0 Å². The Morgan fingerprint density at radius 1 is 1.17 bits per heavy atom. The lowest BCUT2D eigenvalue weighted by Gasteiger charge is -2.02. The minimum absolute atomic E-state index is 1.13. The molecule has 0 radical (unpaired) electrons. The summed E-state index contributed by atoms with van der Waals surface area (Å²) in [5.74, 6) is 2.26. The summed E-state index contributed by atoms with van der Waals surface area (Å²) in [6, 6.07) is 8.58. The molecule has 18 heavy (non-hydrogen) atoms. The summed E-state index contributed by atoms with van der Waals surface area (Å²) < 4.78 is 3.61. The lowest BCUT2D eigenvalue weighted by molar-refractivity contribution is 0.968. The predicted molar refractivity (Wildman–Crippen MR) is 87.2 cm³/mol. The third-order valence-corrected chi connectivity index (χ3v) is 4.86. The van der Waals surface area contributed by atoms with Crippen molar-refractivity contribution >= 4 is 40.5 Å². The first-order chi connectivity index (χ1) is 8.76. The largest absolute Gasteiger partial charge is 0.350 e. The molecule has 0 N–H and O–H groups in total. The highest BCUT2D eigenvalue weighted by Gasteiger charge is 2.05. The van der Waals surface area contributed by atoms with Gasteiger partial charge in [-0.1, -0.05) is 32.0 Å². The molecule has 2 aromatic rings. The summed E-state index contributed by atoms with van der Waals surface area (Å²) in [7, 11) is 2.11. The number of hydrogen-bond donors (Lipinski definition) is 0. The average Bonchev–Trinajstić information content (AvgIpc) is 2.68. The van der Waals surface area contributed by atoms with E-state index < -0.39 is 0 Å². The topological polar surface area (TPSA) is 4.93 Å². The molecule has 1 heterocycles. The van der Waals surface area contributed by atoms with Crippen molar-refractivity contribution in [1.29, 1.82) is 0 Å². The third-order valence-electron chi connectivity index (χ3n) is 2.77. The van der Waals surface area contributed by atoms with Crippen LogP contribution in [0.4, 0.5) is 0 Å². The number of aromatic nitrogens is 1. The van der Waals surface area contributed by atoms with E-state index in [0.717, 1.165) is 11.5 Å². The Labute approximate surface area is 118 Å². The summed E-state index contributed by atoms with van der Waals surface area (Å²) in [5.41, 5.74) is 2.62. The van der Waals surface area contributed by atoms with E-state index in [2.05, 4.69) is 62.0 Å². The van der Waals surface area contributed by atoms with Gasteiger partial charge in [-0.15, -0.1) is 23.5 Å². The molecule has 0 amide bonds. The molecule has 0 spiro atoms. The number of para-hydroxylation sites is 1. The number of thioether (sulfide) groups is 2. The number of aryl methyl sites for hydroxylation is 1. The Bertz CT molecular complexity index is 547. The molecule has 96 valence electrons. The first-order valence-corrected chi connectivity index (χ1v) is 8.24. The Balaban J connectivity index is 2.43. The SMILES string of the molecule is CCSC(=Cc1cn(C)c2ccccc12)SCC. The molecule has 1 aromatic carbocycles. The Hall–Kier alpha value is -0.800. The van der Waals surface area contributed by atoms with Gasteiger partial charge in [-0.05, 0) is 23.6 Å². The average molecular weight is 277 g/mol. The van der Waals surface area contributed by atoms with Crippen LogP contribution in [0.1, 0.15) is 19.4 Å². The van der Waals surface area contributed by atoms with Crippen molar-refractivity contribution in [1.82, 2.24) is 4.57 Å². The van der Waals surface area contributed by atoms with Gasteiger partial charge < -0.3 is 4.57 Å². The second-order valence-electron chi connectivity index (χ2n) is 4.04. The van der Waals surface area contributed by atoms with E-state index in [1.165, 1.54) is 20.7 Å². The van der Waals surface area contributed by atoms with Crippen molar-refractivity contribution in [3.63, 3.8) is 0 Å². The highest BCUT2D eigenvalue weighted by Crippen LogP contribution is 2.32. The molecule has 0 saturated carbocycles. The second-order valence-corrected chi connectivity index (χ2v) is 6.91. The van der Waals surface area contributed by atoms with Crippen molar-refractivity contribution in [2.75, 3.05) is 11.5 Å². The maximum Gasteiger partial charge on any atom is 0.0483 e. The third kappa shape index (κ3) is 2.96. The fourth-order valence-corrected chi connectivity index (χ4v) is 4.05. The minimum atomic E-state index is 1.13. The van der Waals surface area contributed by atoms with Crippen LogP contribution in [-0.2, 0) is 7.05 Å². The Kier molecular flexibility index (Phi) is 4.84. The molecule has 0 fully saturated rings. The molecule has 1 nitrogen and oxygen atoms in total. The monoisotopic (exact) mass is 277 g/mol. The molecule has 0 atom stereocenters. The molecule has 2 rings (SSSR count). The zero-order chi connectivity index (χ0) is 13.0. The minimum Gasteiger partial charge on any atom is -0.350 e. The van der Waals surface area contributed by atoms with Crippen molar-refractivity contribution in [2.45, 2.75) is 13.8 Å². The van der Waals surface area contributed by atoms with Crippen LogP contribution in [0.3, 0.4) is 0 Å². The van der Waals surface area contributed by atoms with E-state index in [0.29, 0.717) is 0 Å². The zero-order valence-electron chi connectivity index (χ0n) is 11.1. The summed E-state index contributed by atoms with van der Waals surface area (Å²) in [6.07, 6.45) is 4.54. The molecule has 0 bridgehead atoms. The van der Waals surface area contributed by atoms with E-state index in [1.54, 1.807) is 0 Å². The van der Waals surface area contributed by atoms with Crippen LogP contribution in [-0.4, -0.2) is 16.1 Å². The maximum absolute atomic E-state index is 2.32. The van der Waals surface area contributed by atoms with Crippen LogP contribution >= 0.6 is 23.5 Å². The van der Waals surface area contributed by atoms with Gasteiger partial charge in [-0.3, -0.25) is 0 Å². The smallest absolute Gasteiger partial charge is 0.0483 e. The predicted octanol–water partition coefficient (Wildman–Crippen LogP) is 4.98. The van der Waals surface area contributed by atoms with Crippen LogP contribution in [0.25, 0.3) is 17.0 Å². The van der Waals surface area contributed by atoms with Crippen LogP contribution in [0.5, 0.6) is 0 Å². The van der Waals surface area contributed by atoms with Crippen LogP contribution in [0.15, 0.2) is 34.7 Å².